The Morgan fingerprint density at radius 1 is 1.50 bits per heavy atom. The van der Waals surface area contributed by atoms with Crippen LogP contribution in [0.5, 0.6) is 0 Å². The molecule has 0 aliphatic rings. The van der Waals surface area contributed by atoms with Crippen molar-refractivity contribution in [3.63, 3.8) is 0 Å². The number of ether oxygens (including phenoxy) is 1. The maximum Gasteiger partial charge on any atom is 0.302 e. The van der Waals surface area contributed by atoms with Gasteiger partial charge in [0, 0.05) is 13.0 Å². The van der Waals surface area contributed by atoms with Gasteiger partial charge in [-0.1, -0.05) is 13.8 Å². The summed E-state index contributed by atoms with van der Waals surface area (Å²) in [6.07, 6.45) is 0.227. The number of hydrogen-bond acceptors (Lipinski definition) is 4. The van der Waals surface area contributed by atoms with E-state index in [-0.39, 0.29) is 18.6 Å². The molecular formula is C10H21NO3. The third kappa shape index (κ3) is 5.94. The standard InChI is InChI=1S/C10H21NO3/c1-7(2)5-9(11-4)10(13)6-14-8(3)12/h7,9-11,13H,5-6H2,1-4H3. The van der Waals surface area contributed by atoms with Crippen molar-refractivity contribution in [2.75, 3.05) is 13.7 Å². The van der Waals surface area contributed by atoms with Gasteiger partial charge in [-0.25, -0.2) is 0 Å². The molecule has 0 aromatic heterocycles. The number of likely N-dealkylation sites (N-methyl/N-ethyl adjacent to an activating group) is 1. The molecule has 0 spiro atoms. The molecule has 0 aliphatic heterocycles. The normalized spacial score (nSPS) is 15.3. The Hall–Kier alpha value is -0.610. The van der Waals surface area contributed by atoms with Crippen LogP contribution < -0.4 is 5.32 Å². The zero-order valence-corrected chi connectivity index (χ0v) is 9.41. The molecule has 0 aromatic carbocycles. The third-order valence-electron chi connectivity index (χ3n) is 2.02. The van der Waals surface area contributed by atoms with Gasteiger partial charge in [0.05, 0.1) is 0 Å². The maximum absolute atomic E-state index is 10.5. The van der Waals surface area contributed by atoms with Crippen LogP contribution in [0.3, 0.4) is 0 Å². The minimum absolute atomic E-state index is 0.0191. The number of nitrogens with one attached hydrogen (secondary N) is 1. The molecule has 4 nitrogen and oxygen atoms in total. The van der Waals surface area contributed by atoms with Crippen LogP contribution in [0.25, 0.3) is 0 Å². The third-order valence-corrected chi connectivity index (χ3v) is 2.02. The van der Waals surface area contributed by atoms with E-state index in [1.54, 1.807) is 7.05 Å². The first-order valence-corrected chi connectivity index (χ1v) is 4.96. The predicted molar refractivity (Wildman–Crippen MR) is 54.9 cm³/mol. The molecule has 0 rings (SSSR count). The SMILES string of the molecule is CNC(CC(C)C)C(O)COC(C)=O. The molecule has 0 fully saturated rings. The van der Waals surface area contributed by atoms with Crippen LogP contribution in [0.4, 0.5) is 0 Å². The molecule has 0 aliphatic carbocycles. The monoisotopic (exact) mass is 203 g/mol. The van der Waals surface area contributed by atoms with Gasteiger partial charge in [0.1, 0.15) is 12.7 Å². The van der Waals surface area contributed by atoms with Gasteiger partial charge in [0.15, 0.2) is 0 Å². The van der Waals surface area contributed by atoms with Crippen molar-refractivity contribution >= 4 is 5.97 Å². The number of rotatable bonds is 6. The fourth-order valence-corrected chi connectivity index (χ4v) is 1.29. The van der Waals surface area contributed by atoms with E-state index < -0.39 is 6.10 Å². The highest BCUT2D eigenvalue weighted by atomic mass is 16.5. The lowest BCUT2D eigenvalue weighted by Crippen LogP contribution is -2.41. The summed E-state index contributed by atoms with van der Waals surface area (Å²) in [5.41, 5.74) is 0. The number of aliphatic hydroxyl groups is 1. The molecule has 14 heavy (non-hydrogen) atoms. The zero-order chi connectivity index (χ0) is 11.1. The van der Waals surface area contributed by atoms with Crippen molar-refractivity contribution in [1.29, 1.82) is 0 Å². The van der Waals surface area contributed by atoms with E-state index in [4.69, 9.17) is 4.74 Å². The summed E-state index contributed by atoms with van der Waals surface area (Å²) in [6.45, 7) is 5.57. The second-order valence-corrected chi connectivity index (χ2v) is 3.89. The summed E-state index contributed by atoms with van der Waals surface area (Å²) >= 11 is 0. The Morgan fingerprint density at radius 3 is 2.43 bits per heavy atom. The van der Waals surface area contributed by atoms with Crippen LogP contribution in [0.15, 0.2) is 0 Å². The molecule has 0 amide bonds. The van der Waals surface area contributed by atoms with E-state index in [0.717, 1.165) is 6.42 Å². The lowest BCUT2D eigenvalue weighted by atomic mass is 10.00. The van der Waals surface area contributed by atoms with Gasteiger partial charge in [-0.2, -0.15) is 0 Å². The summed E-state index contributed by atoms with van der Waals surface area (Å²) in [7, 11) is 1.80. The summed E-state index contributed by atoms with van der Waals surface area (Å²) in [4.78, 5) is 10.5. The van der Waals surface area contributed by atoms with Gasteiger partial charge in [0.2, 0.25) is 0 Å². The molecule has 0 heterocycles. The van der Waals surface area contributed by atoms with Gasteiger partial charge < -0.3 is 15.2 Å². The van der Waals surface area contributed by atoms with E-state index in [0.29, 0.717) is 5.92 Å². The number of aliphatic hydroxyl groups excluding tert-OH is 1. The summed E-state index contributed by atoms with van der Waals surface area (Å²) in [6, 6.07) is -0.0191. The van der Waals surface area contributed by atoms with E-state index in [1.165, 1.54) is 6.92 Å². The molecular weight excluding hydrogens is 182 g/mol. The molecule has 0 saturated carbocycles. The molecule has 0 radical (unpaired) electrons. The van der Waals surface area contributed by atoms with Crippen LogP contribution in [-0.4, -0.2) is 36.9 Å². The van der Waals surface area contributed by atoms with Gasteiger partial charge >= 0.3 is 5.97 Å². The average Bonchev–Trinajstić information content (AvgIpc) is 2.09. The van der Waals surface area contributed by atoms with E-state index in [1.807, 2.05) is 0 Å². The Kier molecular flexibility index (Phi) is 6.49. The van der Waals surface area contributed by atoms with E-state index in [2.05, 4.69) is 19.2 Å². The van der Waals surface area contributed by atoms with Crippen LogP contribution >= 0.6 is 0 Å². The Balaban J connectivity index is 3.90. The van der Waals surface area contributed by atoms with Crippen LogP contribution in [0, 0.1) is 5.92 Å². The van der Waals surface area contributed by atoms with Crippen molar-refractivity contribution in [1.82, 2.24) is 5.32 Å². The molecule has 2 N–H and O–H groups in total. The topological polar surface area (TPSA) is 58.6 Å². The van der Waals surface area contributed by atoms with Gasteiger partial charge in [-0.05, 0) is 19.4 Å². The maximum atomic E-state index is 10.5. The Morgan fingerprint density at radius 2 is 2.07 bits per heavy atom. The second kappa shape index (κ2) is 6.79. The molecule has 0 bridgehead atoms. The van der Waals surface area contributed by atoms with Gasteiger partial charge in [0.25, 0.3) is 0 Å². The largest absolute Gasteiger partial charge is 0.463 e. The van der Waals surface area contributed by atoms with Crippen molar-refractivity contribution in [3.8, 4) is 0 Å². The highest BCUT2D eigenvalue weighted by molar-refractivity contribution is 5.65. The van der Waals surface area contributed by atoms with Crippen molar-refractivity contribution in [2.45, 2.75) is 39.3 Å². The van der Waals surface area contributed by atoms with Crippen molar-refractivity contribution in [3.05, 3.63) is 0 Å². The highest BCUT2D eigenvalue weighted by Gasteiger charge is 2.19. The second-order valence-electron chi connectivity index (χ2n) is 3.89. The quantitative estimate of drug-likeness (QED) is 0.619. The summed E-state index contributed by atoms with van der Waals surface area (Å²) < 4.78 is 4.74. The first-order valence-electron chi connectivity index (χ1n) is 4.96. The molecule has 0 saturated heterocycles. The molecule has 2 atom stereocenters. The van der Waals surface area contributed by atoms with Crippen LogP contribution in [-0.2, 0) is 9.53 Å². The number of hydrogen-bond donors (Lipinski definition) is 2. The van der Waals surface area contributed by atoms with E-state index in [9.17, 15) is 9.90 Å². The molecule has 4 heteroatoms. The minimum Gasteiger partial charge on any atom is -0.463 e. The van der Waals surface area contributed by atoms with E-state index >= 15 is 0 Å². The van der Waals surface area contributed by atoms with Gasteiger partial charge in [-0.15, -0.1) is 0 Å². The van der Waals surface area contributed by atoms with Crippen molar-refractivity contribution < 1.29 is 14.6 Å². The fraction of sp³-hybridized carbons (Fsp3) is 0.900. The zero-order valence-electron chi connectivity index (χ0n) is 9.41. The minimum atomic E-state index is -0.633. The summed E-state index contributed by atoms with van der Waals surface area (Å²) in [5, 5.41) is 12.7. The van der Waals surface area contributed by atoms with Crippen LogP contribution in [0.2, 0.25) is 0 Å². The lowest BCUT2D eigenvalue weighted by Gasteiger charge is -2.23. The first-order chi connectivity index (χ1) is 6.47. The first kappa shape index (κ1) is 13.4. The Labute approximate surface area is 85.6 Å². The number of carbonyl (C=O) groups excluding carboxylic acids is 1. The molecule has 84 valence electrons. The number of esters is 1. The Bertz CT molecular complexity index is 171. The fourth-order valence-electron chi connectivity index (χ4n) is 1.29. The molecule has 2 unspecified atom stereocenters. The smallest absolute Gasteiger partial charge is 0.302 e. The van der Waals surface area contributed by atoms with Crippen LogP contribution in [0.1, 0.15) is 27.2 Å². The number of carbonyl (C=O) groups is 1. The summed E-state index contributed by atoms with van der Waals surface area (Å²) in [5.74, 6) is 0.142. The average molecular weight is 203 g/mol. The lowest BCUT2D eigenvalue weighted by molar-refractivity contribution is -0.144. The highest BCUT2D eigenvalue weighted by Crippen LogP contribution is 2.08. The van der Waals surface area contributed by atoms with Crippen molar-refractivity contribution in [2.24, 2.45) is 5.92 Å². The predicted octanol–water partition coefficient (Wildman–Crippen LogP) is 0.544. The molecule has 0 aromatic rings. The van der Waals surface area contributed by atoms with Gasteiger partial charge in [-0.3, -0.25) is 4.79 Å².